The van der Waals surface area contributed by atoms with E-state index in [1.54, 1.807) is 0 Å². The summed E-state index contributed by atoms with van der Waals surface area (Å²) in [6.07, 6.45) is -0.725. The summed E-state index contributed by atoms with van der Waals surface area (Å²) >= 11 is 0. The van der Waals surface area contributed by atoms with Crippen molar-refractivity contribution in [2.75, 3.05) is 6.67 Å². The highest BCUT2D eigenvalue weighted by Gasteiger charge is 2.40. The first-order valence-electron chi connectivity index (χ1n) is 5.54. The van der Waals surface area contributed by atoms with E-state index in [1.807, 2.05) is 30.3 Å². The van der Waals surface area contributed by atoms with Crippen LogP contribution in [-0.4, -0.2) is 30.8 Å². The number of alkyl halides is 1. The van der Waals surface area contributed by atoms with Crippen molar-refractivity contribution in [1.29, 1.82) is 0 Å². The van der Waals surface area contributed by atoms with Crippen molar-refractivity contribution in [3.05, 3.63) is 35.9 Å². The number of ether oxygens (including phenoxy) is 1. The van der Waals surface area contributed by atoms with Crippen LogP contribution in [0.5, 0.6) is 0 Å². The molecule has 5 nitrogen and oxygen atoms in total. The van der Waals surface area contributed by atoms with Gasteiger partial charge in [-0.05, 0) is 5.56 Å². The van der Waals surface area contributed by atoms with Crippen molar-refractivity contribution in [3.63, 3.8) is 0 Å². The minimum absolute atomic E-state index is 0.112. The van der Waals surface area contributed by atoms with E-state index in [2.05, 4.69) is 10.6 Å². The van der Waals surface area contributed by atoms with Crippen molar-refractivity contribution in [3.8, 4) is 0 Å². The maximum atomic E-state index is 12.4. The van der Waals surface area contributed by atoms with Crippen LogP contribution < -0.4 is 10.6 Å². The zero-order chi connectivity index (χ0) is 13.0. The molecule has 0 saturated carbocycles. The number of halogens is 1. The lowest BCUT2D eigenvalue weighted by atomic mass is 10.0. The fourth-order valence-electron chi connectivity index (χ4n) is 1.63. The topological polar surface area (TPSA) is 67.4 Å². The number of rotatable bonds is 4. The molecule has 1 aliphatic heterocycles. The molecule has 1 heterocycles. The Morgan fingerprint density at radius 3 is 2.72 bits per heavy atom. The van der Waals surface area contributed by atoms with Gasteiger partial charge in [0.1, 0.15) is 19.3 Å². The van der Waals surface area contributed by atoms with Crippen LogP contribution >= 0.6 is 0 Å². The quantitative estimate of drug-likeness (QED) is 0.777. The number of benzene rings is 1. The molecule has 96 valence electrons. The Morgan fingerprint density at radius 2 is 2.11 bits per heavy atom. The number of alkyl carbamates (subject to hydrolysis) is 1. The van der Waals surface area contributed by atoms with Gasteiger partial charge in [0, 0.05) is 0 Å². The molecule has 0 aliphatic carbocycles. The molecule has 0 aromatic heterocycles. The van der Waals surface area contributed by atoms with E-state index in [0.717, 1.165) is 5.56 Å². The largest absolute Gasteiger partial charge is 0.445 e. The maximum Gasteiger partial charge on any atom is 0.408 e. The molecular formula is C12H13FN2O3. The van der Waals surface area contributed by atoms with E-state index in [-0.39, 0.29) is 6.61 Å². The second-order valence-corrected chi connectivity index (χ2v) is 3.95. The van der Waals surface area contributed by atoms with Gasteiger partial charge in [-0.2, -0.15) is 0 Å². The van der Waals surface area contributed by atoms with Gasteiger partial charge >= 0.3 is 6.09 Å². The number of carbonyl (C=O) groups is 2. The number of hydrogen-bond donors (Lipinski definition) is 2. The smallest absolute Gasteiger partial charge is 0.408 e. The molecule has 1 aliphatic rings. The predicted molar refractivity (Wildman–Crippen MR) is 61.5 cm³/mol. The van der Waals surface area contributed by atoms with Gasteiger partial charge in [-0.3, -0.25) is 4.79 Å². The Labute approximate surface area is 103 Å². The summed E-state index contributed by atoms with van der Waals surface area (Å²) in [5.41, 5.74) is 0.841. The highest BCUT2D eigenvalue weighted by molar-refractivity contribution is 5.92. The lowest BCUT2D eigenvalue weighted by Crippen LogP contribution is -2.70. The van der Waals surface area contributed by atoms with Gasteiger partial charge in [0.15, 0.2) is 0 Å². The van der Waals surface area contributed by atoms with Gasteiger partial charge in [0.05, 0.1) is 6.04 Å². The average molecular weight is 252 g/mol. The molecule has 1 aromatic carbocycles. The Kier molecular flexibility index (Phi) is 3.76. The summed E-state index contributed by atoms with van der Waals surface area (Å²) in [6, 6.07) is 7.65. The minimum atomic E-state index is -0.835. The van der Waals surface area contributed by atoms with Crippen LogP contribution in [0.3, 0.4) is 0 Å². The molecule has 1 fully saturated rings. The van der Waals surface area contributed by atoms with E-state index >= 15 is 0 Å². The Balaban J connectivity index is 1.77. The first kappa shape index (κ1) is 12.3. The molecule has 1 aromatic rings. The number of nitrogens with one attached hydrogen (secondary N) is 2. The molecule has 1 saturated heterocycles. The second kappa shape index (κ2) is 5.48. The van der Waals surface area contributed by atoms with E-state index in [1.165, 1.54) is 0 Å². The third-order valence-corrected chi connectivity index (χ3v) is 2.66. The molecule has 2 rings (SSSR count). The van der Waals surface area contributed by atoms with Crippen LogP contribution in [0.15, 0.2) is 30.3 Å². The first-order valence-corrected chi connectivity index (χ1v) is 5.54. The summed E-state index contributed by atoms with van der Waals surface area (Å²) in [5.74, 6) is -0.394. The molecule has 6 heteroatoms. The summed E-state index contributed by atoms with van der Waals surface area (Å²) in [5, 5.41) is 4.66. The highest BCUT2D eigenvalue weighted by atomic mass is 19.1. The summed E-state index contributed by atoms with van der Waals surface area (Å²) in [4.78, 5) is 22.5. The van der Waals surface area contributed by atoms with Gasteiger partial charge < -0.3 is 15.4 Å². The van der Waals surface area contributed by atoms with Crippen molar-refractivity contribution in [2.24, 2.45) is 0 Å². The number of amides is 2. The molecule has 2 N–H and O–H groups in total. The van der Waals surface area contributed by atoms with Crippen LogP contribution in [0.25, 0.3) is 0 Å². The van der Waals surface area contributed by atoms with Crippen LogP contribution in [0.4, 0.5) is 9.18 Å². The molecule has 0 bridgehead atoms. The van der Waals surface area contributed by atoms with Crippen molar-refractivity contribution >= 4 is 12.0 Å². The lowest BCUT2D eigenvalue weighted by molar-refractivity contribution is -0.132. The van der Waals surface area contributed by atoms with Crippen molar-refractivity contribution in [2.45, 2.75) is 18.7 Å². The van der Waals surface area contributed by atoms with Gasteiger partial charge in [-0.25, -0.2) is 9.18 Å². The van der Waals surface area contributed by atoms with Crippen LogP contribution in [0.1, 0.15) is 5.56 Å². The molecular weight excluding hydrogens is 239 g/mol. The monoisotopic (exact) mass is 252 g/mol. The molecule has 2 atom stereocenters. The number of carbonyl (C=O) groups excluding carboxylic acids is 2. The number of hydrogen-bond acceptors (Lipinski definition) is 3. The zero-order valence-corrected chi connectivity index (χ0v) is 9.56. The van der Waals surface area contributed by atoms with Crippen LogP contribution in [0.2, 0.25) is 0 Å². The van der Waals surface area contributed by atoms with E-state index < -0.39 is 30.8 Å². The fraction of sp³-hybridized carbons (Fsp3) is 0.333. The molecule has 2 amide bonds. The first-order chi connectivity index (χ1) is 8.70. The normalized spacial score (nSPS) is 21.7. The summed E-state index contributed by atoms with van der Waals surface area (Å²) < 4.78 is 17.3. The van der Waals surface area contributed by atoms with Gasteiger partial charge in [-0.15, -0.1) is 0 Å². The highest BCUT2D eigenvalue weighted by Crippen LogP contribution is 2.07. The van der Waals surface area contributed by atoms with Crippen molar-refractivity contribution in [1.82, 2.24) is 10.6 Å². The lowest BCUT2D eigenvalue weighted by Gasteiger charge is -2.34. The second-order valence-electron chi connectivity index (χ2n) is 3.95. The minimum Gasteiger partial charge on any atom is -0.445 e. The van der Waals surface area contributed by atoms with Gasteiger partial charge in [0.25, 0.3) is 0 Å². The maximum absolute atomic E-state index is 12.4. The Morgan fingerprint density at radius 1 is 1.39 bits per heavy atom. The number of β-lactam (4-membered cyclic amide) rings is 1. The summed E-state index contributed by atoms with van der Waals surface area (Å²) in [7, 11) is 0. The SMILES string of the molecule is O=C(N[C@@H]1C(=O)N[C@H]1CF)OCc1ccccc1. The van der Waals surface area contributed by atoms with Gasteiger partial charge in [0.2, 0.25) is 5.91 Å². The third-order valence-electron chi connectivity index (χ3n) is 2.66. The zero-order valence-electron chi connectivity index (χ0n) is 9.56. The molecule has 0 spiro atoms. The van der Waals surface area contributed by atoms with Gasteiger partial charge in [-0.1, -0.05) is 30.3 Å². The molecule has 0 unspecified atom stereocenters. The van der Waals surface area contributed by atoms with Crippen LogP contribution in [-0.2, 0) is 16.1 Å². The fourth-order valence-corrected chi connectivity index (χ4v) is 1.63. The summed E-state index contributed by atoms with van der Waals surface area (Å²) in [6.45, 7) is -0.601. The standard InChI is InChI=1S/C12H13FN2O3/c13-6-9-10(11(16)14-9)15-12(17)18-7-8-4-2-1-3-5-8/h1-5,9-10H,6-7H2,(H,14,16)(H,15,17)/t9-,10-/m0/s1. The predicted octanol–water partition coefficient (Wildman–Crippen LogP) is 0.749. The van der Waals surface area contributed by atoms with Crippen LogP contribution in [0, 0.1) is 0 Å². The van der Waals surface area contributed by atoms with Crippen molar-refractivity contribution < 1.29 is 18.7 Å². The Hall–Kier alpha value is -2.11. The van der Waals surface area contributed by atoms with E-state index in [0.29, 0.717) is 0 Å². The third kappa shape index (κ3) is 2.77. The molecule has 0 radical (unpaired) electrons. The van der Waals surface area contributed by atoms with E-state index in [9.17, 15) is 14.0 Å². The van der Waals surface area contributed by atoms with E-state index in [4.69, 9.17) is 4.74 Å². The average Bonchev–Trinajstić information content (AvgIpc) is 2.41. The molecule has 18 heavy (non-hydrogen) atoms. The Bertz CT molecular complexity index is 438.